The highest BCUT2D eigenvalue weighted by molar-refractivity contribution is 5.37. The fraction of sp³-hybridized carbons (Fsp3) is 0.800. The van der Waals surface area contributed by atoms with E-state index in [9.17, 15) is 4.79 Å². The molecule has 10 heavy (non-hydrogen) atoms. The van der Waals surface area contributed by atoms with Gasteiger partial charge in [0.2, 0.25) is 0 Å². The molecule has 60 valence electrons. The fourth-order valence-electron chi connectivity index (χ4n) is 0.528. The van der Waals surface area contributed by atoms with Gasteiger partial charge in [-0.05, 0) is 6.42 Å². The van der Waals surface area contributed by atoms with Crippen molar-refractivity contribution in [3.8, 4) is 0 Å². The average Bonchev–Trinajstić information content (AvgIpc) is 1.80. The zero-order valence-corrected chi connectivity index (χ0v) is 5.52. The maximum Gasteiger partial charge on any atom is 0.314 e. The summed E-state index contributed by atoms with van der Waals surface area (Å²) in [6, 6.07) is 0. The molecule has 0 saturated carbocycles. The maximum atomic E-state index is 9.67. The van der Waals surface area contributed by atoms with Crippen molar-refractivity contribution in [2.24, 2.45) is 0 Å². The fourth-order valence-corrected chi connectivity index (χ4v) is 0.528. The van der Waals surface area contributed by atoms with Gasteiger partial charge in [-0.15, -0.1) is 0 Å². The molecule has 0 amide bonds. The number of ether oxygens (including phenoxy) is 1. The summed E-state index contributed by atoms with van der Waals surface area (Å²) < 4.78 is 4.12. The van der Waals surface area contributed by atoms with Crippen LogP contribution in [0.1, 0.15) is 13.3 Å². The largest absolute Gasteiger partial charge is 0.456 e. The minimum absolute atomic E-state index is 0.0472. The summed E-state index contributed by atoms with van der Waals surface area (Å²) in [7, 11) is 0. The Kier molecular flexibility index (Phi) is 3.27. The van der Waals surface area contributed by atoms with Crippen LogP contribution in [-0.2, 0) is 9.53 Å². The van der Waals surface area contributed by atoms with Crippen molar-refractivity contribution in [1.29, 1.82) is 0 Å². The Morgan fingerprint density at radius 3 is 2.20 bits per heavy atom. The van der Waals surface area contributed by atoms with E-state index in [-0.39, 0.29) is 12.9 Å². The Bertz CT molecular complexity index is 105. The number of carbonyl (C=O) groups excluding carboxylic acids is 1. The van der Waals surface area contributed by atoms with Gasteiger partial charge in [-0.2, -0.15) is 0 Å². The molecule has 0 aliphatic heterocycles. The van der Waals surface area contributed by atoms with Crippen LogP contribution in [0.25, 0.3) is 0 Å². The normalized spacial score (nSPS) is 14.4. The number of hydrogen-bond acceptors (Lipinski definition) is 5. The van der Waals surface area contributed by atoms with E-state index in [0.29, 0.717) is 0 Å². The van der Waals surface area contributed by atoms with Crippen molar-refractivity contribution in [2.75, 3.05) is 0 Å². The van der Waals surface area contributed by atoms with Crippen molar-refractivity contribution >= 4 is 6.47 Å². The van der Waals surface area contributed by atoms with Gasteiger partial charge in [0, 0.05) is 0 Å². The second kappa shape index (κ2) is 3.50. The number of carbonyl (C=O) groups is 1. The molecule has 0 bridgehead atoms. The van der Waals surface area contributed by atoms with Crippen LogP contribution in [0.2, 0.25) is 0 Å². The lowest BCUT2D eigenvalue weighted by Gasteiger charge is -2.22. The smallest absolute Gasteiger partial charge is 0.314 e. The van der Waals surface area contributed by atoms with Crippen LogP contribution in [0.3, 0.4) is 0 Å². The average molecular weight is 150 g/mol. The first kappa shape index (κ1) is 9.35. The molecule has 0 radical (unpaired) electrons. The van der Waals surface area contributed by atoms with Crippen molar-refractivity contribution < 1.29 is 24.9 Å². The van der Waals surface area contributed by atoms with Gasteiger partial charge >= 0.3 is 5.97 Å². The summed E-state index contributed by atoms with van der Waals surface area (Å²) in [5.74, 6) is -2.93. The van der Waals surface area contributed by atoms with E-state index in [1.54, 1.807) is 0 Å². The van der Waals surface area contributed by atoms with Crippen LogP contribution >= 0.6 is 0 Å². The minimum atomic E-state index is -2.93. The summed E-state index contributed by atoms with van der Waals surface area (Å²) in [5, 5.41) is 25.3. The van der Waals surface area contributed by atoms with Crippen LogP contribution in [-0.4, -0.2) is 33.9 Å². The molecule has 0 aromatic heterocycles. The third kappa shape index (κ3) is 2.77. The van der Waals surface area contributed by atoms with E-state index < -0.39 is 12.1 Å². The molecule has 3 N–H and O–H groups in total. The molecule has 1 unspecified atom stereocenters. The zero-order chi connectivity index (χ0) is 8.20. The molecule has 0 heterocycles. The monoisotopic (exact) mass is 150 g/mol. The first-order valence-corrected chi connectivity index (χ1v) is 2.78. The van der Waals surface area contributed by atoms with Crippen LogP contribution in [0.15, 0.2) is 0 Å². The molecule has 0 saturated heterocycles. The van der Waals surface area contributed by atoms with Crippen molar-refractivity contribution in [2.45, 2.75) is 25.4 Å². The quantitative estimate of drug-likeness (QED) is 0.338. The molecule has 0 aromatic rings. The first-order valence-electron chi connectivity index (χ1n) is 2.78. The Morgan fingerprint density at radius 1 is 1.60 bits per heavy atom. The van der Waals surface area contributed by atoms with Gasteiger partial charge in [-0.1, -0.05) is 6.92 Å². The molecular formula is C5H10O5. The van der Waals surface area contributed by atoms with E-state index in [1.807, 2.05) is 0 Å². The van der Waals surface area contributed by atoms with E-state index in [1.165, 1.54) is 6.92 Å². The van der Waals surface area contributed by atoms with E-state index in [4.69, 9.17) is 15.3 Å². The Balaban J connectivity index is 3.92. The van der Waals surface area contributed by atoms with Crippen molar-refractivity contribution in [3.63, 3.8) is 0 Å². The summed E-state index contributed by atoms with van der Waals surface area (Å²) in [4.78, 5) is 9.67. The van der Waals surface area contributed by atoms with Crippen molar-refractivity contribution in [3.05, 3.63) is 0 Å². The molecule has 0 fully saturated rings. The molecule has 5 heteroatoms. The first-order chi connectivity index (χ1) is 4.52. The molecule has 1 atom stereocenters. The number of hydrogen-bond donors (Lipinski definition) is 3. The summed E-state index contributed by atoms with van der Waals surface area (Å²) >= 11 is 0. The lowest BCUT2D eigenvalue weighted by molar-refractivity contribution is -0.354. The van der Waals surface area contributed by atoms with E-state index >= 15 is 0 Å². The molecule has 0 aliphatic rings. The third-order valence-corrected chi connectivity index (χ3v) is 1.02. The van der Waals surface area contributed by atoms with Gasteiger partial charge in [0.05, 0.1) is 0 Å². The third-order valence-electron chi connectivity index (χ3n) is 1.02. The van der Waals surface area contributed by atoms with Gasteiger partial charge < -0.3 is 20.1 Å². The standard InChI is InChI=1S/C5H10O5/c1-2-4(10-3-6)5(7,8)9/h3-4,7-9H,2H2,1H3. The van der Waals surface area contributed by atoms with Gasteiger partial charge in [0.1, 0.15) is 0 Å². The van der Waals surface area contributed by atoms with E-state index in [2.05, 4.69) is 4.74 Å². The lowest BCUT2D eigenvalue weighted by atomic mass is 10.2. The van der Waals surface area contributed by atoms with Gasteiger partial charge in [0.15, 0.2) is 6.10 Å². The minimum Gasteiger partial charge on any atom is -0.456 e. The Hall–Kier alpha value is -0.650. The summed E-state index contributed by atoms with van der Waals surface area (Å²) in [5.41, 5.74) is 0. The Morgan fingerprint density at radius 2 is 2.10 bits per heavy atom. The van der Waals surface area contributed by atoms with Crippen molar-refractivity contribution in [1.82, 2.24) is 0 Å². The highest BCUT2D eigenvalue weighted by Gasteiger charge is 2.32. The maximum absolute atomic E-state index is 9.67. The molecule has 0 spiro atoms. The van der Waals surface area contributed by atoms with Gasteiger partial charge in [-0.25, -0.2) is 0 Å². The van der Waals surface area contributed by atoms with E-state index in [0.717, 1.165) is 0 Å². The molecule has 0 rings (SSSR count). The molecule has 0 aromatic carbocycles. The SMILES string of the molecule is CCC(OC=O)C(O)(O)O. The topological polar surface area (TPSA) is 87.0 Å². The highest BCUT2D eigenvalue weighted by Crippen LogP contribution is 2.08. The molecular weight excluding hydrogens is 140 g/mol. The summed E-state index contributed by atoms with van der Waals surface area (Å²) in [6.07, 6.45) is -1.16. The van der Waals surface area contributed by atoms with Gasteiger partial charge in [-0.3, -0.25) is 4.79 Å². The lowest BCUT2D eigenvalue weighted by Crippen LogP contribution is -2.43. The van der Waals surface area contributed by atoms with Gasteiger partial charge in [0.25, 0.3) is 6.47 Å². The van der Waals surface area contributed by atoms with Crippen LogP contribution in [0.5, 0.6) is 0 Å². The second-order valence-corrected chi connectivity index (χ2v) is 1.82. The second-order valence-electron chi connectivity index (χ2n) is 1.82. The Labute approximate surface area is 57.9 Å². The van der Waals surface area contributed by atoms with Crippen LogP contribution in [0, 0.1) is 0 Å². The van der Waals surface area contributed by atoms with Crippen LogP contribution < -0.4 is 0 Å². The molecule has 5 nitrogen and oxygen atoms in total. The zero-order valence-electron chi connectivity index (χ0n) is 5.52. The highest BCUT2D eigenvalue weighted by atomic mass is 16.7. The predicted octanol–water partition coefficient (Wildman–Crippen LogP) is -1.43. The summed E-state index contributed by atoms with van der Waals surface area (Å²) in [6.45, 7) is 1.58. The van der Waals surface area contributed by atoms with Crippen LogP contribution in [0.4, 0.5) is 0 Å². The number of rotatable bonds is 4. The molecule has 0 aliphatic carbocycles. The predicted molar refractivity (Wildman–Crippen MR) is 30.6 cm³/mol. The number of aliphatic hydroxyl groups is 3.